The molecule has 1 aliphatic carbocycles. The topological polar surface area (TPSA) is 64.9 Å². The summed E-state index contributed by atoms with van der Waals surface area (Å²) in [6, 6.07) is 7.23. The molecule has 1 amide bonds. The monoisotopic (exact) mass is 213 g/mol. The second-order valence-corrected chi connectivity index (χ2v) is 4.32. The Morgan fingerprint density at radius 2 is 2.12 bits per heavy atom. The fourth-order valence-corrected chi connectivity index (χ4v) is 2.05. The highest BCUT2D eigenvalue weighted by Gasteiger charge is 2.38. The van der Waals surface area contributed by atoms with E-state index in [9.17, 15) is 4.79 Å². The molecule has 1 fully saturated rings. The van der Waals surface area contributed by atoms with E-state index in [1.807, 2.05) is 0 Å². The van der Waals surface area contributed by atoms with Crippen molar-refractivity contribution in [1.82, 2.24) is 0 Å². The van der Waals surface area contributed by atoms with Crippen LogP contribution in [0, 0.1) is 17.2 Å². The number of hydrogen-bond acceptors (Lipinski definition) is 3. The lowest BCUT2D eigenvalue weighted by Gasteiger charge is -2.26. The van der Waals surface area contributed by atoms with Gasteiger partial charge in [0.2, 0.25) is 5.91 Å². The maximum absolute atomic E-state index is 11.8. The number of anilines is 2. The van der Waals surface area contributed by atoms with Crippen molar-refractivity contribution in [3.8, 4) is 6.07 Å². The highest BCUT2D eigenvalue weighted by molar-refractivity contribution is 6.03. The van der Waals surface area contributed by atoms with Crippen LogP contribution >= 0.6 is 0 Å². The Morgan fingerprint density at radius 1 is 1.31 bits per heavy atom. The number of hydrogen-bond donors (Lipinski definition) is 2. The van der Waals surface area contributed by atoms with E-state index < -0.39 is 0 Å². The zero-order valence-electron chi connectivity index (χ0n) is 8.66. The summed E-state index contributed by atoms with van der Waals surface area (Å²) < 4.78 is 0. The fraction of sp³-hybridized carbons (Fsp3) is 0.333. The van der Waals surface area contributed by atoms with Gasteiger partial charge in [-0.3, -0.25) is 4.79 Å². The highest BCUT2D eigenvalue weighted by atomic mass is 16.2. The van der Waals surface area contributed by atoms with Gasteiger partial charge in [0.05, 0.1) is 23.0 Å². The predicted octanol–water partition coefficient (Wildman–Crippen LogP) is 1.70. The van der Waals surface area contributed by atoms with E-state index in [0.29, 0.717) is 11.5 Å². The van der Waals surface area contributed by atoms with Crippen LogP contribution in [0.2, 0.25) is 0 Å². The Labute approximate surface area is 93.3 Å². The van der Waals surface area contributed by atoms with Crippen molar-refractivity contribution in [2.75, 3.05) is 10.6 Å². The lowest BCUT2D eigenvalue weighted by molar-refractivity contribution is -0.117. The third kappa shape index (κ3) is 1.41. The van der Waals surface area contributed by atoms with Crippen molar-refractivity contribution < 1.29 is 4.79 Å². The van der Waals surface area contributed by atoms with Gasteiger partial charge in [-0.05, 0) is 37.0 Å². The molecule has 1 atom stereocenters. The van der Waals surface area contributed by atoms with Gasteiger partial charge in [0.1, 0.15) is 6.04 Å². The van der Waals surface area contributed by atoms with Crippen LogP contribution in [0.4, 0.5) is 11.4 Å². The smallest absolute Gasteiger partial charge is 0.247 e. The van der Waals surface area contributed by atoms with E-state index in [4.69, 9.17) is 5.26 Å². The molecule has 0 bridgehead atoms. The average molecular weight is 213 g/mol. The molecule has 1 aromatic rings. The molecule has 3 rings (SSSR count). The lowest BCUT2D eigenvalue weighted by atomic mass is 10.1. The van der Waals surface area contributed by atoms with Gasteiger partial charge < -0.3 is 10.6 Å². The van der Waals surface area contributed by atoms with Crippen LogP contribution in [-0.2, 0) is 4.79 Å². The normalized spacial score (nSPS) is 22.7. The van der Waals surface area contributed by atoms with Gasteiger partial charge in [-0.15, -0.1) is 0 Å². The number of nitrogens with zero attached hydrogens (tertiary/aromatic N) is 1. The zero-order chi connectivity index (χ0) is 11.1. The van der Waals surface area contributed by atoms with Crippen LogP contribution in [-0.4, -0.2) is 11.9 Å². The molecule has 80 valence electrons. The lowest BCUT2D eigenvalue weighted by Crippen LogP contribution is -2.40. The fourth-order valence-electron chi connectivity index (χ4n) is 2.05. The molecular weight excluding hydrogens is 202 g/mol. The molecule has 0 aromatic heterocycles. The van der Waals surface area contributed by atoms with Gasteiger partial charge in [-0.1, -0.05) is 0 Å². The van der Waals surface area contributed by atoms with Crippen LogP contribution in [0.5, 0.6) is 0 Å². The summed E-state index contributed by atoms with van der Waals surface area (Å²) in [5.41, 5.74) is 2.23. The number of nitrogens with one attached hydrogen (secondary N) is 2. The minimum atomic E-state index is -0.124. The number of rotatable bonds is 1. The third-order valence-corrected chi connectivity index (χ3v) is 3.09. The van der Waals surface area contributed by atoms with E-state index in [1.54, 1.807) is 18.2 Å². The van der Waals surface area contributed by atoms with Crippen LogP contribution in [0.25, 0.3) is 0 Å². The van der Waals surface area contributed by atoms with Crippen molar-refractivity contribution in [3.63, 3.8) is 0 Å². The summed E-state index contributed by atoms with van der Waals surface area (Å²) in [4.78, 5) is 11.8. The Balaban J connectivity index is 1.96. The second-order valence-electron chi connectivity index (χ2n) is 4.32. The second kappa shape index (κ2) is 3.24. The SMILES string of the molecule is N#Cc1ccc2c(c1)NC(C1CC1)C(=O)N2. The van der Waals surface area contributed by atoms with E-state index in [2.05, 4.69) is 16.7 Å². The Bertz CT molecular complexity index is 499. The summed E-state index contributed by atoms with van der Waals surface area (Å²) in [6.07, 6.45) is 2.22. The van der Waals surface area contributed by atoms with E-state index in [1.165, 1.54) is 0 Å². The van der Waals surface area contributed by atoms with Crippen molar-refractivity contribution >= 4 is 17.3 Å². The van der Waals surface area contributed by atoms with Gasteiger partial charge in [-0.25, -0.2) is 0 Å². The standard InChI is InChI=1S/C12H11N3O/c13-6-7-1-4-9-10(5-7)14-11(8-2-3-8)12(16)15-9/h1,4-5,8,11,14H,2-3H2,(H,15,16). The van der Waals surface area contributed by atoms with E-state index >= 15 is 0 Å². The first kappa shape index (κ1) is 9.22. The Hall–Kier alpha value is -2.02. The molecule has 2 N–H and O–H groups in total. The van der Waals surface area contributed by atoms with Crippen molar-refractivity contribution in [1.29, 1.82) is 5.26 Å². The molecule has 1 saturated carbocycles. The number of carbonyl (C=O) groups excluding carboxylic acids is 1. The Morgan fingerprint density at radius 3 is 2.81 bits per heavy atom. The number of fused-ring (bicyclic) bond motifs is 1. The summed E-state index contributed by atoms with van der Waals surface area (Å²) in [5.74, 6) is 0.499. The average Bonchev–Trinajstić information content (AvgIpc) is 3.11. The van der Waals surface area contributed by atoms with Crippen molar-refractivity contribution in [2.24, 2.45) is 5.92 Å². The molecule has 16 heavy (non-hydrogen) atoms. The maximum atomic E-state index is 11.8. The van der Waals surface area contributed by atoms with Gasteiger partial charge in [0.15, 0.2) is 0 Å². The molecule has 0 radical (unpaired) electrons. The molecule has 1 aliphatic heterocycles. The predicted molar refractivity (Wildman–Crippen MR) is 59.9 cm³/mol. The molecule has 2 aliphatic rings. The molecule has 0 spiro atoms. The van der Waals surface area contributed by atoms with Gasteiger partial charge in [0, 0.05) is 0 Å². The van der Waals surface area contributed by atoms with Gasteiger partial charge in [0.25, 0.3) is 0 Å². The van der Waals surface area contributed by atoms with Crippen molar-refractivity contribution in [2.45, 2.75) is 18.9 Å². The molecule has 1 aromatic carbocycles. The first-order chi connectivity index (χ1) is 7.78. The summed E-state index contributed by atoms with van der Waals surface area (Å²) in [7, 11) is 0. The van der Waals surface area contributed by atoms with Gasteiger partial charge >= 0.3 is 0 Å². The Kier molecular flexibility index (Phi) is 1.87. The molecular formula is C12H11N3O. The minimum Gasteiger partial charge on any atom is -0.372 e. The first-order valence-corrected chi connectivity index (χ1v) is 5.39. The molecule has 0 saturated heterocycles. The van der Waals surface area contributed by atoms with E-state index in [-0.39, 0.29) is 11.9 Å². The first-order valence-electron chi connectivity index (χ1n) is 5.39. The van der Waals surface area contributed by atoms with E-state index in [0.717, 1.165) is 24.2 Å². The van der Waals surface area contributed by atoms with Crippen LogP contribution < -0.4 is 10.6 Å². The summed E-state index contributed by atoms with van der Waals surface area (Å²) >= 11 is 0. The summed E-state index contributed by atoms with van der Waals surface area (Å²) in [6.45, 7) is 0. The zero-order valence-corrected chi connectivity index (χ0v) is 8.66. The van der Waals surface area contributed by atoms with Crippen LogP contribution in [0.3, 0.4) is 0 Å². The number of amides is 1. The van der Waals surface area contributed by atoms with Crippen molar-refractivity contribution in [3.05, 3.63) is 23.8 Å². The minimum absolute atomic E-state index is 0.0414. The van der Waals surface area contributed by atoms with Gasteiger partial charge in [-0.2, -0.15) is 5.26 Å². The van der Waals surface area contributed by atoms with Crippen LogP contribution in [0.1, 0.15) is 18.4 Å². The third-order valence-electron chi connectivity index (χ3n) is 3.09. The molecule has 4 heteroatoms. The summed E-state index contributed by atoms with van der Waals surface area (Å²) in [5, 5.41) is 14.9. The molecule has 4 nitrogen and oxygen atoms in total. The number of nitriles is 1. The van der Waals surface area contributed by atoms with Crippen LogP contribution in [0.15, 0.2) is 18.2 Å². The largest absolute Gasteiger partial charge is 0.372 e. The quantitative estimate of drug-likeness (QED) is 0.746. The highest BCUT2D eigenvalue weighted by Crippen LogP contribution is 2.38. The number of benzene rings is 1. The number of carbonyl (C=O) groups is 1. The molecule has 1 heterocycles. The molecule has 1 unspecified atom stereocenters. The maximum Gasteiger partial charge on any atom is 0.247 e.